The molecule has 1 aliphatic heterocycles. The maximum atomic E-state index is 13.3. The van der Waals surface area contributed by atoms with Crippen molar-refractivity contribution in [1.82, 2.24) is 24.8 Å². The van der Waals surface area contributed by atoms with Gasteiger partial charge in [0.2, 0.25) is 5.91 Å². The zero-order chi connectivity index (χ0) is 19.8. The summed E-state index contributed by atoms with van der Waals surface area (Å²) in [5, 5.41) is 0. The molecule has 0 fully saturated rings. The Balaban J connectivity index is 1.47. The minimum Gasteiger partial charge on any atom is -0.497 e. The number of nitrogens with zero attached hydrogens (tertiary/aromatic N) is 3. The van der Waals surface area contributed by atoms with Gasteiger partial charge in [-0.3, -0.25) is 4.79 Å². The first-order valence-electron chi connectivity index (χ1n) is 9.60. The number of nitrogens with one attached hydrogen (secondary N) is 2. The molecule has 2 aromatic heterocycles. The summed E-state index contributed by atoms with van der Waals surface area (Å²) in [6, 6.07) is 13.5. The van der Waals surface area contributed by atoms with Gasteiger partial charge in [-0.2, -0.15) is 0 Å². The fourth-order valence-electron chi connectivity index (χ4n) is 4.04. The molecular weight excluding hydrogens is 366 g/mol. The van der Waals surface area contributed by atoms with Gasteiger partial charge in [0.25, 0.3) is 0 Å². The summed E-state index contributed by atoms with van der Waals surface area (Å²) < 4.78 is 5.28. The van der Waals surface area contributed by atoms with Crippen LogP contribution in [0.15, 0.2) is 55.1 Å². The average molecular weight is 387 g/mol. The minimum atomic E-state index is -0.209. The monoisotopic (exact) mass is 387 g/mol. The van der Waals surface area contributed by atoms with Crippen LogP contribution in [-0.4, -0.2) is 44.4 Å². The van der Waals surface area contributed by atoms with Gasteiger partial charge in [0.1, 0.15) is 11.8 Å². The highest BCUT2D eigenvalue weighted by molar-refractivity contribution is 5.82. The third kappa shape index (κ3) is 3.14. The van der Waals surface area contributed by atoms with E-state index in [-0.39, 0.29) is 11.9 Å². The molecule has 1 atom stereocenters. The zero-order valence-electron chi connectivity index (χ0n) is 16.1. The van der Waals surface area contributed by atoms with Crippen molar-refractivity contribution in [2.24, 2.45) is 0 Å². The Bertz CT molecular complexity index is 1160. The second-order valence-electron chi connectivity index (χ2n) is 7.21. The number of methoxy groups -OCH3 is 1. The molecule has 0 radical (unpaired) electrons. The number of carbonyl (C=O) groups excluding carboxylic acids is 1. The number of rotatable bonds is 4. The Labute approximate surface area is 167 Å². The van der Waals surface area contributed by atoms with Gasteiger partial charge in [0, 0.05) is 18.7 Å². The zero-order valence-corrected chi connectivity index (χ0v) is 16.1. The van der Waals surface area contributed by atoms with Gasteiger partial charge in [-0.1, -0.05) is 18.2 Å². The molecule has 1 aliphatic rings. The molecular formula is C22H21N5O2. The lowest BCUT2D eigenvalue weighted by atomic mass is 9.94. The lowest BCUT2D eigenvalue weighted by Gasteiger charge is -2.35. The largest absolute Gasteiger partial charge is 0.497 e. The molecule has 7 heteroatoms. The molecule has 3 heterocycles. The number of ether oxygens (including phenoxy) is 1. The maximum Gasteiger partial charge on any atom is 0.227 e. The molecule has 4 aromatic rings. The second-order valence-corrected chi connectivity index (χ2v) is 7.21. The highest BCUT2D eigenvalue weighted by Crippen LogP contribution is 2.34. The Morgan fingerprint density at radius 3 is 2.79 bits per heavy atom. The standard InChI is InChI=1S/C22H21N5O2/c1-29-16-5-3-15(4-6-16)22-21-18(24-13-26-21)8-9-27(22)20(28)11-14-2-7-17-19(10-14)25-12-23-17/h2-7,10,12-13,22H,8-9,11H2,1H3,(H,23,25)(H,24,26). The summed E-state index contributed by atoms with van der Waals surface area (Å²) >= 11 is 0. The Morgan fingerprint density at radius 1 is 1.14 bits per heavy atom. The number of amides is 1. The SMILES string of the molecule is COc1ccc(C2c3nc[nH]c3CCN2C(=O)Cc2ccc3nc[nH]c3c2)cc1. The van der Waals surface area contributed by atoms with Crippen molar-refractivity contribution in [1.29, 1.82) is 0 Å². The molecule has 0 aliphatic carbocycles. The van der Waals surface area contributed by atoms with Crippen molar-refractivity contribution in [2.45, 2.75) is 18.9 Å². The topological polar surface area (TPSA) is 86.9 Å². The quantitative estimate of drug-likeness (QED) is 0.564. The molecule has 2 aromatic carbocycles. The Hall–Kier alpha value is -3.61. The van der Waals surface area contributed by atoms with Gasteiger partial charge >= 0.3 is 0 Å². The van der Waals surface area contributed by atoms with E-state index in [0.717, 1.165) is 45.7 Å². The average Bonchev–Trinajstić information content (AvgIpc) is 3.42. The van der Waals surface area contributed by atoms with Gasteiger partial charge in [-0.25, -0.2) is 9.97 Å². The first-order valence-corrected chi connectivity index (χ1v) is 9.60. The van der Waals surface area contributed by atoms with Crippen molar-refractivity contribution in [3.8, 4) is 5.75 Å². The van der Waals surface area contributed by atoms with Gasteiger partial charge < -0.3 is 19.6 Å². The molecule has 0 saturated carbocycles. The van der Waals surface area contributed by atoms with Crippen molar-refractivity contribution in [3.63, 3.8) is 0 Å². The summed E-state index contributed by atoms with van der Waals surface area (Å²) in [6.45, 7) is 0.650. The van der Waals surface area contributed by atoms with E-state index in [4.69, 9.17) is 4.74 Å². The molecule has 1 unspecified atom stereocenters. The minimum absolute atomic E-state index is 0.0818. The summed E-state index contributed by atoms with van der Waals surface area (Å²) in [4.78, 5) is 30.4. The van der Waals surface area contributed by atoms with Crippen molar-refractivity contribution >= 4 is 16.9 Å². The molecule has 29 heavy (non-hydrogen) atoms. The van der Waals surface area contributed by atoms with Crippen LogP contribution in [0, 0.1) is 0 Å². The molecule has 0 spiro atoms. The lowest BCUT2D eigenvalue weighted by molar-refractivity contribution is -0.132. The van der Waals surface area contributed by atoms with Gasteiger partial charge in [0.15, 0.2) is 0 Å². The van der Waals surface area contributed by atoms with Crippen LogP contribution < -0.4 is 4.74 Å². The van der Waals surface area contributed by atoms with E-state index < -0.39 is 0 Å². The van der Waals surface area contributed by atoms with E-state index in [2.05, 4.69) is 19.9 Å². The number of aromatic amines is 2. The van der Waals surface area contributed by atoms with Crippen LogP contribution in [0.2, 0.25) is 0 Å². The van der Waals surface area contributed by atoms with E-state index in [1.54, 1.807) is 19.8 Å². The van der Waals surface area contributed by atoms with Crippen molar-refractivity contribution < 1.29 is 9.53 Å². The smallest absolute Gasteiger partial charge is 0.227 e. The van der Waals surface area contributed by atoms with E-state index in [1.165, 1.54) is 0 Å². The number of imidazole rings is 2. The Kier molecular flexibility index (Phi) is 4.27. The highest BCUT2D eigenvalue weighted by Gasteiger charge is 2.33. The van der Waals surface area contributed by atoms with Crippen molar-refractivity contribution in [2.75, 3.05) is 13.7 Å². The second kappa shape index (κ2) is 7.09. The van der Waals surface area contributed by atoms with Gasteiger partial charge in [-0.05, 0) is 35.4 Å². The fraction of sp³-hybridized carbons (Fsp3) is 0.227. The maximum absolute atomic E-state index is 13.3. The normalized spacial score (nSPS) is 16.0. The Morgan fingerprint density at radius 2 is 1.97 bits per heavy atom. The molecule has 7 nitrogen and oxygen atoms in total. The summed E-state index contributed by atoms with van der Waals surface area (Å²) in [6.07, 6.45) is 4.48. The molecule has 146 valence electrons. The van der Waals surface area contributed by atoms with Gasteiger partial charge in [0.05, 0.1) is 42.9 Å². The lowest BCUT2D eigenvalue weighted by Crippen LogP contribution is -2.41. The van der Waals surface area contributed by atoms with E-state index in [9.17, 15) is 4.79 Å². The number of benzene rings is 2. The van der Waals surface area contributed by atoms with Crippen LogP contribution in [0.3, 0.4) is 0 Å². The van der Waals surface area contributed by atoms with Crippen LogP contribution in [0.1, 0.15) is 28.6 Å². The van der Waals surface area contributed by atoms with Crippen LogP contribution in [0.4, 0.5) is 0 Å². The number of aromatic nitrogens is 4. The van der Waals surface area contributed by atoms with E-state index in [0.29, 0.717) is 13.0 Å². The van der Waals surface area contributed by atoms with Crippen molar-refractivity contribution in [3.05, 3.63) is 77.6 Å². The third-order valence-electron chi connectivity index (χ3n) is 5.52. The number of H-pyrrole nitrogens is 2. The van der Waals surface area contributed by atoms with Gasteiger partial charge in [-0.15, -0.1) is 0 Å². The molecule has 0 bridgehead atoms. The molecule has 0 saturated heterocycles. The first kappa shape index (κ1) is 17.5. The van der Waals surface area contributed by atoms with E-state index >= 15 is 0 Å². The first-order chi connectivity index (χ1) is 14.2. The van der Waals surface area contributed by atoms with Crippen LogP contribution in [-0.2, 0) is 17.6 Å². The number of fused-ring (bicyclic) bond motifs is 2. The fourth-order valence-corrected chi connectivity index (χ4v) is 4.04. The predicted molar refractivity (Wildman–Crippen MR) is 109 cm³/mol. The van der Waals surface area contributed by atoms with Crippen LogP contribution >= 0.6 is 0 Å². The molecule has 5 rings (SSSR count). The molecule has 2 N–H and O–H groups in total. The summed E-state index contributed by atoms with van der Waals surface area (Å²) in [5.41, 5.74) is 5.84. The highest BCUT2D eigenvalue weighted by atomic mass is 16.5. The predicted octanol–water partition coefficient (Wildman–Crippen LogP) is 3.01. The number of hydrogen-bond acceptors (Lipinski definition) is 4. The summed E-state index contributed by atoms with van der Waals surface area (Å²) in [7, 11) is 1.65. The van der Waals surface area contributed by atoms with Crippen LogP contribution in [0.25, 0.3) is 11.0 Å². The molecule has 1 amide bonds. The number of carbonyl (C=O) groups is 1. The number of hydrogen-bond donors (Lipinski definition) is 2. The summed E-state index contributed by atoms with van der Waals surface area (Å²) in [5.74, 6) is 0.871. The van der Waals surface area contributed by atoms with Crippen LogP contribution in [0.5, 0.6) is 5.75 Å². The third-order valence-corrected chi connectivity index (χ3v) is 5.52. The van der Waals surface area contributed by atoms with E-state index in [1.807, 2.05) is 47.4 Å².